The monoisotopic (exact) mass is 474 g/mol. The number of nitrogens with one attached hydrogen (secondary N) is 2. The molecule has 0 saturated carbocycles. The minimum Gasteiger partial charge on any atom is -0.493 e. The van der Waals surface area contributed by atoms with Crippen molar-refractivity contribution < 1.29 is 27.4 Å². The van der Waals surface area contributed by atoms with Gasteiger partial charge in [-0.25, -0.2) is 18.2 Å². The Kier molecular flexibility index (Phi) is 11.1. The molecule has 0 spiro atoms. The lowest BCUT2D eigenvalue weighted by Gasteiger charge is -2.31. The molecule has 0 saturated heterocycles. The molecule has 0 aliphatic rings. The molecule has 0 aliphatic carbocycles. The van der Waals surface area contributed by atoms with Crippen molar-refractivity contribution in [2.45, 2.75) is 65.2 Å². The van der Waals surface area contributed by atoms with Gasteiger partial charge in [0, 0.05) is 13.1 Å². The van der Waals surface area contributed by atoms with Crippen LogP contribution in [-0.4, -0.2) is 51.2 Å². The van der Waals surface area contributed by atoms with Crippen molar-refractivity contribution in [3.8, 4) is 5.75 Å². The number of carbonyl (C=O) groups is 1. The minimum absolute atomic E-state index is 0.0463. The number of sulfone groups is 1. The van der Waals surface area contributed by atoms with Gasteiger partial charge in [-0.1, -0.05) is 33.6 Å². The van der Waals surface area contributed by atoms with E-state index in [0.717, 1.165) is 12.8 Å². The summed E-state index contributed by atoms with van der Waals surface area (Å²) in [5.74, 6) is -0.714. The number of halogens is 1. The maximum atomic E-state index is 14.4. The van der Waals surface area contributed by atoms with Crippen LogP contribution in [0.4, 0.5) is 4.39 Å². The molecule has 184 valence electrons. The maximum absolute atomic E-state index is 14.4. The molecule has 1 amide bonds. The number of unbranched alkanes of at least 4 members (excludes halogenated alkanes) is 1. The highest BCUT2D eigenvalue weighted by molar-refractivity contribution is 7.91. The van der Waals surface area contributed by atoms with E-state index < -0.39 is 33.1 Å². The molecular formula is C23H39FN2O5S. The topological polar surface area (TPSA) is 105 Å². The van der Waals surface area contributed by atoms with E-state index in [1.807, 2.05) is 20.8 Å². The number of hydrogen-bond donors (Lipinski definition) is 3. The summed E-state index contributed by atoms with van der Waals surface area (Å²) in [6.07, 6.45) is 3.29. The first-order valence-electron chi connectivity index (χ1n) is 11.1. The van der Waals surface area contributed by atoms with Crippen LogP contribution >= 0.6 is 0 Å². The van der Waals surface area contributed by atoms with E-state index in [2.05, 4.69) is 10.9 Å². The average Bonchev–Trinajstić information content (AvgIpc) is 2.66. The van der Waals surface area contributed by atoms with Crippen LogP contribution in [0.25, 0.3) is 0 Å². The number of hydrazine groups is 1. The predicted octanol–water partition coefficient (Wildman–Crippen LogP) is 3.12. The Bertz CT molecular complexity index is 845. The summed E-state index contributed by atoms with van der Waals surface area (Å²) in [6.45, 7) is 7.57. The Balaban J connectivity index is 3.06. The van der Waals surface area contributed by atoms with Gasteiger partial charge in [0.1, 0.15) is 11.6 Å². The largest absolute Gasteiger partial charge is 0.493 e. The van der Waals surface area contributed by atoms with E-state index in [4.69, 9.17) is 9.84 Å². The van der Waals surface area contributed by atoms with Crippen LogP contribution in [-0.2, 0) is 20.0 Å². The molecule has 1 aromatic rings. The molecule has 0 radical (unpaired) electrons. The highest BCUT2D eigenvalue weighted by atomic mass is 32.2. The first-order valence-corrected chi connectivity index (χ1v) is 12.9. The van der Waals surface area contributed by atoms with Crippen LogP contribution < -0.4 is 15.6 Å². The fourth-order valence-corrected chi connectivity index (χ4v) is 5.50. The van der Waals surface area contributed by atoms with Crippen LogP contribution in [0.15, 0.2) is 18.2 Å². The second kappa shape index (κ2) is 12.5. The summed E-state index contributed by atoms with van der Waals surface area (Å²) in [4.78, 5) is 13.0. The van der Waals surface area contributed by atoms with Crippen molar-refractivity contribution >= 4 is 15.7 Å². The second-order valence-electron chi connectivity index (χ2n) is 9.25. The van der Waals surface area contributed by atoms with Gasteiger partial charge in [-0.05, 0) is 49.3 Å². The maximum Gasteiger partial charge on any atom is 0.244 e. The molecule has 9 heteroatoms. The van der Waals surface area contributed by atoms with E-state index in [1.54, 1.807) is 20.0 Å². The van der Waals surface area contributed by atoms with E-state index in [9.17, 15) is 17.6 Å². The summed E-state index contributed by atoms with van der Waals surface area (Å²) >= 11 is 0. The molecule has 1 unspecified atom stereocenters. The molecule has 32 heavy (non-hydrogen) atoms. The van der Waals surface area contributed by atoms with Crippen LogP contribution in [0, 0.1) is 11.2 Å². The zero-order valence-electron chi connectivity index (χ0n) is 20.0. The van der Waals surface area contributed by atoms with Crippen LogP contribution in [0.2, 0.25) is 0 Å². The van der Waals surface area contributed by atoms with Crippen LogP contribution in [0.5, 0.6) is 5.75 Å². The summed E-state index contributed by atoms with van der Waals surface area (Å²) in [5.41, 5.74) is 4.17. The predicted molar refractivity (Wildman–Crippen MR) is 125 cm³/mol. The Morgan fingerprint density at radius 1 is 1.16 bits per heavy atom. The minimum atomic E-state index is -3.36. The molecule has 0 heterocycles. The lowest BCUT2D eigenvalue weighted by atomic mass is 9.75. The van der Waals surface area contributed by atoms with Crippen molar-refractivity contribution in [2.75, 3.05) is 31.8 Å². The fraction of sp³-hybridized carbons (Fsp3) is 0.696. The van der Waals surface area contributed by atoms with E-state index >= 15 is 0 Å². The molecule has 1 aromatic carbocycles. The molecule has 0 bridgehead atoms. The van der Waals surface area contributed by atoms with Gasteiger partial charge in [0.05, 0.1) is 30.1 Å². The first-order chi connectivity index (χ1) is 14.9. The zero-order valence-corrected chi connectivity index (χ0v) is 20.8. The third kappa shape index (κ3) is 9.03. The zero-order chi connectivity index (χ0) is 24.4. The summed E-state index contributed by atoms with van der Waals surface area (Å²) < 4.78 is 44.3. The highest BCUT2D eigenvalue weighted by Crippen LogP contribution is 2.35. The summed E-state index contributed by atoms with van der Waals surface area (Å²) in [5, 5.41) is 8.96. The normalized spacial score (nSPS) is 14.1. The molecule has 1 rings (SSSR count). The number of amides is 1. The third-order valence-corrected chi connectivity index (χ3v) is 7.58. The molecule has 7 nitrogen and oxygen atoms in total. The second-order valence-corrected chi connectivity index (χ2v) is 11.4. The number of ether oxygens (including phenoxy) is 1. The number of hydrogen-bond acceptors (Lipinski definition) is 6. The van der Waals surface area contributed by atoms with Crippen molar-refractivity contribution in [2.24, 2.45) is 5.41 Å². The van der Waals surface area contributed by atoms with Gasteiger partial charge in [-0.15, -0.1) is 0 Å². The number of rotatable bonds is 15. The van der Waals surface area contributed by atoms with Crippen LogP contribution in [0.3, 0.4) is 0 Å². The van der Waals surface area contributed by atoms with Crippen molar-refractivity contribution in [3.05, 3.63) is 29.6 Å². The Labute approximate surface area is 192 Å². The highest BCUT2D eigenvalue weighted by Gasteiger charge is 2.36. The van der Waals surface area contributed by atoms with Crippen LogP contribution in [0.1, 0.15) is 65.4 Å². The molecule has 0 aromatic heterocycles. The molecule has 0 aliphatic heterocycles. The van der Waals surface area contributed by atoms with Gasteiger partial charge in [-0.2, -0.15) is 0 Å². The smallest absolute Gasteiger partial charge is 0.244 e. The number of benzene rings is 1. The van der Waals surface area contributed by atoms with Crippen molar-refractivity contribution in [1.82, 2.24) is 10.9 Å². The summed E-state index contributed by atoms with van der Waals surface area (Å²) in [6, 6.07) is 4.36. The Hall–Kier alpha value is -1.71. The lowest BCUT2D eigenvalue weighted by molar-refractivity contribution is -0.127. The lowest BCUT2D eigenvalue weighted by Crippen LogP contribution is -2.47. The standard InChI is InChI=1S/C23H39FN2O5S/c1-6-7-12-31-20-15-18(14-19(24)16-20)23(4,21(28)26-25-5)10-8-9-22(2,3)17-32(29,30)13-11-27/h14-16,25,27H,6-13,17H2,1-5H3,(H,26,28). The summed E-state index contributed by atoms with van der Waals surface area (Å²) in [7, 11) is -1.78. The Morgan fingerprint density at radius 3 is 2.44 bits per heavy atom. The number of aliphatic hydroxyl groups excluding tert-OH is 1. The number of carbonyl (C=O) groups excluding carboxylic acids is 1. The van der Waals surface area contributed by atoms with Gasteiger partial charge in [-0.3, -0.25) is 10.2 Å². The van der Waals surface area contributed by atoms with E-state index in [-0.39, 0.29) is 17.4 Å². The molecule has 3 N–H and O–H groups in total. The first kappa shape index (κ1) is 28.3. The quantitative estimate of drug-likeness (QED) is 0.267. The number of aliphatic hydroxyl groups is 1. The fourth-order valence-electron chi connectivity index (χ4n) is 3.74. The Morgan fingerprint density at radius 2 is 1.84 bits per heavy atom. The van der Waals surface area contributed by atoms with Crippen molar-refractivity contribution in [1.29, 1.82) is 0 Å². The van der Waals surface area contributed by atoms with Crippen molar-refractivity contribution in [3.63, 3.8) is 0 Å². The third-order valence-electron chi connectivity index (χ3n) is 5.56. The molecular weight excluding hydrogens is 435 g/mol. The van der Waals surface area contributed by atoms with Gasteiger partial charge >= 0.3 is 0 Å². The van der Waals surface area contributed by atoms with Gasteiger partial charge in [0.25, 0.3) is 0 Å². The van der Waals surface area contributed by atoms with E-state index in [1.165, 1.54) is 12.1 Å². The van der Waals surface area contributed by atoms with E-state index in [0.29, 0.717) is 37.2 Å². The van der Waals surface area contributed by atoms with Gasteiger partial charge < -0.3 is 9.84 Å². The molecule has 0 fully saturated rings. The van der Waals surface area contributed by atoms with Gasteiger partial charge in [0.15, 0.2) is 9.84 Å². The molecule has 1 atom stereocenters. The average molecular weight is 475 g/mol. The SMILES string of the molecule is CCCCOc1cc(F)cc(C(C)(CCCC(C)(C)CS(=O)(=O)CCO)C(=O)NNC)c1. The van der Waals surface area contributed by atoms with Gasteiger partial charge in [0.2, 0.25) is 5.91 Å².